The van der Waals surface area contributed by atoms with E-state index >= 15 is 0 Å². The molecule has 6 heteroatoms. The highest BCUT2D eigenvalue weighted by molar-refractivity contribution is 5.89. The molecule has 0 bridgehead atoms. The fraction of sp³-hybridized carbons (Fsp3) is 0.417. The van der Waals surface area contributed by atoms with Crippen LogP contribution in [-0.4, -0.2) is 35.9 Å². The normalized spacial score (nSPS) is 14.1. The van der Waals surface area contributed by atoms with Crippen LogP contribution >= 0.6 is 0 Å². The van der Waals surface area contributed by atoms with Crippen molar-refractivity contribution in [1.29, 1.82) is 0 Å². The summed E-state index contributed by atoms with van der Waals surface area (Å²) in [7, 11) is 1.20. The zero-order valence-corrected chi connectivity index (χ0v) is 9.97. The Balaban J connectivity index is 3.03. The SMILES string of the molecule is COC(=O)c1ccc(F)c(C(O)C(O)CCN)c1. The quantitative estimate of drug-likeness (QED) is 0.662. The van der Waals surface area contributed by atoms with Crippen LogP contribution in [0.2, 0.25) is 0 Å². The summed E-state index contributed by atoms with van der Waals surface area (Å²) in [6, 6.07) is 3.44. The van der Waals surface area contributed by atoms with Gasteiger partial charge in [0.25, 0.3) is 0 Å². The third-order valence-corrected chi connectivity index (χ3v) is 2.56. The van der Waals surface area contributed by atoms with E-state index in [4.69, 9.17) is 5.73 Å². The fourth-order valence-corrected chi connectivity index (χ4v) is 1.55. The zero-order chi connectivity index (χ0) is 13.7. The number of hydrogen-bond acceptors (Lipinski definition) is 5. The first-order valence-electron chi connectivity index (χ1n) is 5.45. The molecular weight excluding hydrogens is 241 g/mol. The van der Waals surface area contributed by atoms with Gasteiger partial charge in [-0.3, -0.25) is 0 Å². The van der Waals surface area contributed by atoms with E-state index in [9.17, 15) is 19.4 Å². The van der Waals surface area contributed by atoms with Gasteiger partial charge in [0.15, 0.2) is 0 Å². The summed E-state index contributed by atoms with van der Waals surface area (Å²) < 4.78 is 18.0. The van der Waals surface area contributed by atoms with Crippen LogP contribution in [0.1, 0.15) is 28.4 Å². The number of rotatable bonds is 5. The fourth-order valence-electron chi connectivity index (χ4n) is 1.55. The summed E-state index contributed by atoms with van der Waals surface area (Å²) in [4.78, 5) is 11.3. The number of carbonyl (C=O) groups is 1. The van der Waals surface area contributed by atoms with Gasteiger partial charge >= 0.3 is 5.97 Å². The molecule has 4 N–H and O–H groups in total. The zero-order valence-electron chi connectivity index (χ0n) is 9.97. The largest absolute Gasteiger partial charge is 0.465 e. The van der Waals surface area contributed by atoms with Gasteiger partial charge in [-0.05, 0) is 31.2 Å². The van der Waals surface area contributed by atoms with Crippen molar-refractivity contribution in [1.82, 2.24) is 0 Å². The number of methoxy groups -OCH3 is 1. The molecule has 0 heterocycles. The summed E-state index contributed by atoms with van der Waals surface area (Å²) in [5, 5.41) is 19.4. The summed E-state index contributed by atoms with van der Waals surface area (Å²) in [6.07, 6.45) is -2.49. The van der Waals surface area contributed by atoms with Gasteiger partial charge in [-0.1, -0.05) is 0 Å². The molecule has 0 aliphatic heterocycles. The second kappa shape index (κ2) is 6.44. The molecule has 0 aliphatic rings. The van der Waals surface area contributed by atoms with E-state index in [0.29, 0.717) is 0 Å². The Morgan fingerprint density at radius 1 is 1.50 bits per heavy atom. The second-order valence-corrected chi connectivity index (χ2v) is 3.82. The first kappa shape index (κ1) is 14.6. The van der Waals surface area contributed by atoms with E-state index < -0.39 is 24.0 Å². The molecular formula is C12H16FNO4. The van der Waals surface area contributed by atoms with Crippen molar-refractivity contribution in [3.8, 4) is 0 Å². The molecule has 5 nitrogen and oxygen atoms in total. The number of aliphatic hydroxyl groups excluding tert-OH is 2. The molecule has 2 atom stereocenters. The standard InChI is InChI=1S/C12H16FNO4/c1-18-12(17)7-2-3-9(13)8(6-7)11(16)10(15)4-5-14/h2-3,6,10-11,15-16H,4-5,14H2,1H3. The molecule has 0 radical (unpaired) electrons. The number of ether oxygens (including phenoxy) is 1. The molecule has 0 saturated carbocycles. The molecule has 1 aromatic carbocycles. The van der Waals surface area contributed by atoms with Gasteiger partial charge in [0.2, 0.25) is 0 Å². The number of benzene rings is 1. The molecule has 0 spiro atoms. The van der Waals surface area contributed by atoms with Crippen LogP contribution < -0.4 is 5.73 Å². The molecule has 0 fully saturated rings. The van der Waals surface area contributed by atoms with Crippen LogP contribution in [0, 0.1) is 5.82 Å². The van der Waals surface area contributed by atoms with Crippen LogP contribution in [0.5, 0.6) is 0 Å². The van der Waals surface area contributed by atoms with E-state index in [1.165, 1.54) is 13.2 Å². The maximum Gasteiger partial charge on any atom is 0.337 e. The predicted octanol–water partition coefficient (Wildman–Crippen LogP) is 0.355. The van der Waals surface area contributed by atoms with E-state index in [-0.39, 0.29) is 24.1 Å². The Bertz CT molecular complexity index is 425. The lowest BCUT2D eigenvalue weighted by Crippen LogP contribution is -2.23. The Kier molecular flexibility index (Phi) is 5.21. The summed E-state index contributed by atoms with van der Waals surface area (Å²) in [5.41, 5.74) is 5.19. The van der Waals surface area contributed by atoms with Crippen molar-refractivity contribution < 1.29 is 24.1 Å². The average Bonchev–Trinajstić information content (AvgIpc) is 2.37. The minimum absolute atomic E-state index is 0.105. The molecule has 2 unspecified atom stereocenters. The minimum Gasteiger partial charge on any atom is -0.465 e. The number of carbonyl (C=O) groups excluding carboxylic acids is 1. The van der Waals surface area contributed by atoms with Gasteiger partial charge in [0, 0.05) is 5.56 Å². The highest BCUT2D eigenvalue weighted by Gasteiger charge is 2.22. The summed E-state index contributed by atoms with van der Waals surface area (Å²) in [6.45, 7) is 0.163. The summed E-state index contributed by atoms with van der Waals surface area (Å²) in [5.74, 6) is -1.34. The predicted molar refractivity (Wildman–Crippen MR) is 62.4 cm³/mol. The lowest BCUT2D eigenvalue weighted by Gasteiger charge is -2.18. The van der Waals surface area contributed by atoms with Gasteiger partial charge in [0.05, 0.1) is 18.8 Å². The van der Waals surface area contributed by atoms with E-state index in [1.54, 1.807) is 0 Å². The van der Waals surface area contributed by atoms with Gasteiger partial charge in [0.1, 0.15) is 11.9 Å². The Morgan fingerprint density at radius 2 is 2.17 bits per heavy atom. The lowest BCUT2D eigenvalue weighted by molar-refractivity contribution is 0.0129. The monoisotopic (exact) mass is 257 g/mol. The van der Waals surface area contributed by atoms with Gasteiger partial charge < -0.3 is 20.7 Å². The number of aliphatic hydroxyl groups is 2. The number of hydrogen-bond donors (Lipinski definition) is 3. The lowest BCUT2D eigenvalue weighted by atomic mass is 9.99. The highest BCUT2D eigenvalue weighted by Crippen LogP contribution is 2.23. The molecule has 1 aromatic rings. The minimum atomic E-state index is -1.43. The molecule has 0 amide bonds. The first-order chi connectivity index (χ1) is 8.51. The topological polar surface area (TPSA) is 92.8 Å². The maximum absolute atomic E-state index is 13.5. The van der Waals surface area contributed by atoms with Gasteiger partial charge in [-0.15, -0.1) is 0 Å². The van der Waals surface area contributed by atoms with Crippen LogP contribution in [0.3, 0.4) is 0 Å². The third-order valence-electron chi connectivity index (χ3n) is 2.56. The average molecular weight is 257 g/mol. The van der Waals surface area contributed by atoms with Crippen LogP contribution in [-0.2, 0) is 4.74 Å². The second-order valence-electron chi connectivity index (χ2n) is 3.82. The van der Waals surface area contributed by atoms with Crippen molar-refractivity contribution in [2.24, 2.45) is 5.73 Å². The third kappa shape index (κ3) is 3.25. The number of esters is 1. The van der Waals surface area contributed by atoms with Crippen molar-refractivity contribution in [2.45, 2.75) is 18.6 Å². The van der Waals surface area contributed by atoms with Crippen LogP contribution in [0.25, 0.3) is 0 Å². The van der Waals surface area contributed by atoms with Gasteiger partial charge in [-0.2, -0.15) is 0 Å². The summed E-state index contributed by atoms with van der Waals surface area (Å²) >= 11 is 0. The first-order valence-corrected chi connectivity index (χ1v) is 5.45. The molecule has 0 aromatic heterocycles. The molecule has 1 rings (SSSR count). The van der Waals surface area contributed by atoms with Crippen molar-refractivity contribution in [3.63, 3.8) is 0 Å². The van der Waals surface area contributed by atoms with Crippen LogP contribution in [0.15, 0.2) is 18.2 Å². The smallest absolute Gasteiger partial charge is 0.337 e. The Morgan fingerprint density at radius 3 is 2.72 bits per heavy atom. The number of halogens is 1. The Hall–Kier alpha value is -1.50. The molecule has 18 heavy (non-hydrogen) atoms. The van der Waals surface area contributed by atoms with Crippen molar-refractivity contribution >= 4 is 5.97 Å². The Labute approximate surface area is 104 Å². The molecule has 0 saturated heterocycles. The van der Waals surface area contributed by atoms with Gasteiger partial charge in [-0.25, -0.2) is 9.18 Å². The number of nitrogens with two attached hydrogens (primary N) is 1. The van der Waals surface area contributed by atoms with E-state index in [1.807, 2.05) is 0 Å². The highest BCUT2D eigenvalue weighted by atomic mass is 19.1. The van der Waals surface area contributed by atoms with E-state index in [2.05, 4.69) is 4.74 Å². The molecule has 0 aliphatic carbocycles. The van der Waals surface area contributed by atoms with Crippen LogP contribution in [0.4, 0.5) is 4.39 Å². The molecule has 100 valence electrons. The van der Waals surface area contributed by atoms with Crippen molar-refractivity contribution in [2.75, 3.05) is 13.7 Å². The maximum atomic E-state index is 13.5. The van der Waals surface area contributed by atoms with Crippen molar-refractivity contribution in [3.05, 3.63) is 35.1 Å². The van der Waals surface area contributed by atoms with E-state index in [0.717, 1.165) is 12.1 Å².